The first-order valence-electron chi connectivity index (χ1n) is 21.5. The number of nitrogens with zero attached hydrogens (tertiary/aromatic N) is 5. The number of anilines is 1. The van der Waals surface area contributed by atoms with Gasteiger partial charge >= 0.3 is 7.82 Å². The van der Waals surface area contributed by atoms with Gasteiger partial charge in [-0.25, -0.2) is 14.1 Å². The Morgan fingerprint density at radius 3 is 2.18 bits per heavy atom. The number of methoxy groups -OCH3 is 1. The molecule has 1 fully saturated rings. The first kappa shape index (κ1) is 49.0. The highest BCUT2D eigenvalue weighted by Crippen LogP contribution is 2.48. The van der Waals surface area contributed by atoms with Gasteiger partial charge in [0.1, 0.15) is 48.1 Å². The number of phosphoric ester groups is 1. The van der Waals surface area contributed by atoms with Crippen molar-refractivity contribution in [2.75, 3.05) is 32.7 Å². The van der Waals surface area contributed by atoms with Crippen LogP contribution in [0.25, 0.3) is 5.52 Å². The number of fused-ring (bicyclic) bond motifs is 1. The summed E-state index contributed by atoms with van der Waals surface area (Å²) in [5.74, 6) is 0.565. The normalized spacial score (nSPS) is 21.0. The van der Waals surface area contributed by atoms with Crippen molar-refractivity contribution < 1.29 is 47.7 Å². The molecule has 7 atom stereocenters. The Hall–Kier alpha value is -3.67. The van der Waals surface area contributed by atoms with Crippen molar-refractivity contribution in [2.24, 2.45) is 0 Å². The number of aliphatic hydroxyl groups is 2. The number of nitriles is 2. The highest BCUT2D eigenvalue weighted by molar-refractivity contribution is 7.47. The molecule has 0 saturated carbocycles. The molecule has 0 aliphatic carbocycles. The summed E-state index contributed by atoms with van der Waals surface area (Å²) in [5, 5.41) is 45.8. The number of aliphatic hydroxyl groups excluding tert-OH is 2. The van der Waals surface area contributed by atoms with Crippen molar-refractivity contribution in [3.8, 4) is 17.9 Å². The number of benzene rings is 1. The third-order valence-corrected chi connectivity index (χ3v) is 12.0. The molecule has 60 heavy (non-hydrogen) atoms. The summed E-state index contributed by atoms with van der Waals surface area (Å²) in [6, 6.07) is 11.9. The maximum atomic E-state index is 13.3. The number of unbranched alkanes of at least 4 members (excludes halogenated alkanes) is 15. The van der Waals surface area contributed by atoms with Crippen LogP contribution >= 0.6 is 7.82 Å². The SMILES string of the molecule is CCCCCCCCCCCCCCCCCCOC[C@H](COP(=O)(O)O[C@@H](C)C1O[C@@](C#N)(c2ccc3c(N)ncnn23)[C@H](O)[C@@H]1O)OCc1ccc(C#N)cc1OC. The molecule has 0 bridgehead atoms. The van der Waals surface area contributed by atoms with Gasteiger partial charge in [-0.15, -0.1) is 0 Å². The van der Waals surface area contributed by atoms with E-state index in [9.17, 15) is 30.2 Å². The van der Waals surface area contributed by atoms with E-state index in [1.54, 1.807) is 18.2 Å². The Labute approximate surface area is 354 Å². The first-order chi connectivity index (χ1) is 29.0. The fourth-order valence-corrected chi connectivity index (χ4v) is 8.43. The van der Waals surface area contributed by atoms with Crippen LogP contribution in [0.4, 0.5) is 5.82 Å². The number of aromatic nitrogens is 3. The van der Waals surface area contributed by atoms with Crippen molar-refractivity contribution >= 4 is 19.2 Å². The van der Waals surface area contributed by atoms with Gasteiger partial charge in [0.15, 0.2) is 5.82 Å². The highest BCUT2D eigenvalue weighted by atomic mass is 31.2. The zero-order valence-corrected chi connectivity index (χ0v) is 36.3. The minimum Gasteiger partial charge on any atom is -0.496 e. The zero-order valence-electron chi connectivity index (χ0n) is 35.5. The van der Waals surface area contributed by atoms with Gasteiger partial charge in [-0.3, -0.25) is 9.05 Å². The Morgan fingerprint density at radius 1 is 0.950 bits per heavy atom. The molecule has 0 radical (unpaired) electrons. The predicted octanol–water partition coefficient (Wildman–Crippen LogP) is 7.42. The highest BCUT2D eigenvalue weighted by Gasteiger charge is 2.59. The van der Waals surface area contributed by atoms with Gasteiger partial charge in [0.05, 0.1) is 50.4 Å². The Balaban J connectivity index is 1.24. The van der Waals surface area contributed by atoms with E-state index in [-0.39, 0.29) is 24.7 Å². The van der Waals surface area contributed by atoms with E-state index in [1.807, 2.05) is 6.07 Å². The molecule has 332 valence electrons. The molecule has 0 amide bonds. The Bertz CT molecular complexity index is 1870. The van der Waals surface area contributed by atoms with Crippen molar-refractivity contribution in [3.05, 3.63) is 53.5 Å². The largest absolute Gasteiger partial charge is 0.496 e. The van der Waals surface area contributed by atoms with Crippen LogP contribution in [0.5, 0.6) is 5.75 Å². The van der Waals surface area contributed by atoms with Gasteiger partial charge < -0.3 is 39.8 Å². The van der Waals surface area contributed by atoms with E-state index in [1.165, 1.54) is 120 Å². The van der Waals surface area contributed by atoms with Crippen LogP contribution in [0.15, 0.2) is 36.7 Å². The smallest absolute Gasteiger partial charge is 0.472 e. The molecular weight excluding hydrogens is 791 g/mol. The van der Waals surface area contributed by atoms with Gasteiger partial charge in [-0.05, 0) is 37.6 Å². The second-order valence-electron chi connectivity index (χ2n) is 15.6. The van der Waals surface area contributed by atoms with Crippen molar-refractivity contribution in [3.63, 3.8) is 0 Å². The number of phosphoric acid groups is 1. The zero-order chi connectivity index (χ0) is 43.4. The summed E-state index contributed by atoms with van der Waals surface area (Å²) < 4.78 is 48.8. The van der Waals surface area contributed by atoms with Crippen LogP contribution in [0.1, 0.15) is 133 Å². The fourth-order valence-electron chi connectivity index (χ4n) is 7.47. The third-order valence-electron chi connectivity index (χ3n) is 10.9. The van der Waals surface area contributed by atoms with Crippen LogP contribution in [-0.2, 0) is 40.0 Å². The average molecular weight is 857 g/mol. The summed E-state index contributed by atoms with van der Waals surface area (Å²) in [4.78, 5) is 14.7. The maximum Gasteiger partial charge on any atom is 0.472 e. The minimum atomic E-state index is -4.85. The Kier molecular flexibility index (Phi) is 20.7. The van der Waals surface area contributed by atoms with Gasteiger partial charge in [-0.2, -0.15) is 15.6 Å². The molecule has 3 heterocycles. The molecule has 0 spiro atoms. The number of ether oxygens (including phenoxy) is 4. The summed E-state index contributed by atoms with van der Waals surface area (Å²) in [5.41, 5.74) is 5.28. The molecule has 2 unspecified atom stereocenters. The average Bonchev–Trinajstić information content (AvgIpc) is 3.80. The molecule has 5 N–H and O–H groups in total. The quantitative estimate of drug-likeness (QED) is 0.0377. The molecular formula is C43H65N6O10P. The summed E-state index contributed by atoms with van der Waals surface area (Å²) in [6.07, 6.45) is 14.3. The van der Waals surface area contributed by atoms with Crippen LogP contribution in [0.3, 0.4) is 0 Å². The number of rotatable bonds is 30. The second-order valence-corrected chi connectivity index (χ2v) is 17.0. The van der Waals surface area contributed by atoms with Gasteiger partial charge in [0.2, 0.25) is 5.60 Å². The predicted molar refractivity (Wildman–Crippen MR) is 225 cm³/mol. The van der Waals surface area contributed by atoms with E-state index in [0.29, 0.717) is 29.0 Å². The molecule has 3 aromatic rings. The van der Waals surface area contributed by atoms with E-state index < -0.39 is 50.6 Å². The van der Waals surface area contributed by atoms with Gasteiger partial charge in [-0.1, -0.05) is 109 Å². The maximum absolute atomic E-state index is 13.3. The lowest BCUT2D eigenvalue weighted by atomic mass is 9.92. The van der Waals surface area contributed by atoms with Crippen LogP contribution in [0, 0.1) is 22.7 Å². The van der Waals surface area contributed by atoms with Crippen molar-refractivity contribution in [2.45, 2.75) is 159 Å². The van der Waals surface area contributed by atoms with Gasteiger partial charge in [0, 0.05) is 12.2 Å². The monoisotopic (exact) mass is 856 g/mol. The summed E-state index contributed by atoms with van der Waals surface area (Å²) >= 11 is 0. The molecule has 17 heteroatoms. The van der Waals surface area contributed by atoms with E-state index in [0.717, 1.165) is 19.3 Å². The molecule has 1 aliphatic rings. The van der Waals surface area contributed by atoms with Crippen LogP contribution in [0.2, 0.25) is 0 Å². The fraction of sp³-hybridized carbons (Fsp3) is 0.674. The van der Waals surface area contributed by atoms with E-state index in [2.05, 4.69) is 23.1 Å². The summed E-state index contributed by atoms with van der Waals surface area (Å²) in [6.45, 7) is 3.74. The molecule has 2 aromatic heterocycles. The number of nitrogen functional groups attached to an aromatic ring is 1. The standard InChI is InChI=1S/C43H65N6O10P/c1-4-5-6-7-8-9-10-11-12-13-14-15-16-17-18-19-24-55-28-35(56-27-34-21-20-33(26-44)25-37(34)54-3)29-57-60(52,53)59-32(2)40-39(50)41(51)43(30-45,58-40)38-23-22-36-42(46)47-31-48-49(36)38/h20-23,25,31-32,35,39-41,50-51H,4-19,24,27-29H2,1-3H3,(H,52,53)(H2,46,47,48)/t32-,35+,39+,40?,41+,43-/m0/s1. The molecule has 1 aliphatic heterocycles. The third kappa shape index (κ3) is 14.2. The number of hydrogen-bond acceptors (Lipinski definition) is 14. The lowest BCUT2D eigenvalue weighted by molar-refractivity contribution is -0.0904. The molecule has 1 aromatic carbocycles. The van der Waals surface area contributed by atoms with Crippen LogP contribution < -0.4 is 10.5 Å². The molecule has 16 nitrogen and oxygen atoms in total. The summed E-state index contributed by atoms with van der Waals surface area (Å²) in [7, 11) is -3.37. The number of hydrogen-bond donors (Lipinski definition) is 4. The van der Waals surface area contributed by atoms with E-state index in [4.69, 9.17) is 33.7 Å². The number of nitrogens with two attached hydrogens (primary N) is 1. The van der Waals surface area contributed by atoms with Crippen LogP contribution in [-0.4, -0.2) is 87.2 Å². The molecule has 1 saturated heterocycles. The first-order valence-corrected chi connectivity index (χ1v) is 23.0. The van der Waals surface area contributed by atoms with E-state index >= 15 is 0 Å². The Morgan fingerprint density at radius 2 is 1.58 bits per heavy atom. The lowest BCUT2D eigenvalue weighted by Gasteiger charge is -2.26. The second kappa shape index (κ2) is 25.3. The topological polar surface area (TPSA) is 237 Å². The van der Waals surface area contributed by atoms with Crippen molar-refractivity contribution in [1.29, 1.82) is 10.5 Å². The minimum absolute atomic E-state index is 0.0273. The van der Waals surface area contributed by atoms with Crippen molar-refractivity contribution in [1.82, 2.24) is 14.6 Å². The van der Waals surface area contributed by atoms with Gasteiger partial charge in [0.25, 0.3) is 0 Å². The molecule has 4 rings (SSSR count). The lowest BCUT2D eigenvalue weighted by Crippen LogP contribution is -2.41.